The van der Waals surface area contributed by atoms with Crippen LogP contribution in [0.5, 0.6) is 5.75 Å². The zero-order valence-corrected chi connectivity index (χ0v) is 13.8. The van der Waals surface area contributed by atoms with E-state index < -0.39 is 0 Å². The molecule has 0 radical (unpaired) electrons. The van der Waals surface area contributed by atoms with Crippen molar-refractivity contribution in [2.24, 2.45) is 5.73 Å². The van der Waals surface area contributed by atoms with Crippen molar-refractivity contribution >= 4 is 29.2 Å². The first kappa shape index (κ1) is 18.1. The fourth-order valence-corrected chi connectivity index (χ4v) is 2.55. The molecule has 118 valence electrons. The summed E-state index contributed by atoms with van der Waals surface area (Å²) in [5.41, 5.74) is 6.92. The Morgan fingerprint density at radius 3 is 2.62 bits per heavy atom. The Kier molecular flexibility index (Phi) is 7.86. The van der Waals surface area contributed by atoms with Crippen LogP contribution in [0.2, 0.25) is 10.0 Å². The van der Waals surface area contributed by atoms with E-state index in [0.717, 1.165) is 24.8 Å². The minimum atomic E-state index is -0.219. The number of carbonyl (C=O) groups excluding carboxylic acids is 1. The van der Waals surface area contributed by atoms with Crippen molar-refractivity contribution in [3.63, 3.8) is 0 Å². The van der Waals surface area contributed by atoms with Crippen molar-refractivity contribution in [3.05, 3.63) is 27.7 Å². The molecule has 0 saturated carbocycles. The Balaban J connectivity index is 2.50. The molecule has 0 aliphatic heterocycles. The van der Waals surface area contributed by atoms with Crippen LogP contribution < -0.4 is 10.5 Å². The van der Waals surface area contributed by atoms with Crippen molar-refractivity contribution in [2.75, 3.05) is 13.7 Å². The average Bonchev–Trinajstić information content (AvgIpc) is 2.45. The summed E-state index contributed by atoms with van der Waals surface area (Å²) in [6.07, 6.45) is 2.70. The summed E-state index contributed by atoms with van der Waals surface area (Å²) >= 11 is 12.3. The molecule has 0 saturated heterocycles. The summed E-state index contributed by atoms with van der Waals surface area (Å²) in [6, 6.07) is 3.18. The summed E-state index contributed by atoms with van der Waals surface area (Å²) in [5.74, 6) is 0.358. The van der Waals surface area contributed by atoms with Gasteiger partial charge in [0, 0.05) is 23.6 Å². The first-order chi connectivity index (χ1) is 9.99. The zero-order valence-electron chi connectivity index (χ0n) is 12.3. The monoisotopic (exact) mass is 333 g/mol. The topological polar surface area (TPSA) is 61.5 Å². The summed E-state index contributed by atoms with van der Waals surface area (Å²) in [7, 11) is 1.53. The Bertz CT molecular complexity index is 480. The number of halogens is 2. The maximum Gasteiger partial charge on any atom is 0.305 e. The zero-order chi connectivity index (χ0) is 15.8. The summed E-state index contributed by atoms with van der Waals surface area (Å²) in [5, 5.41) is 1.02. The predicted octanol–water partition coefficient (Wildman–Crippen LogP) is 4.13. The van der Waals surface area contributed by atoms with Gasteiger partial charge in [-0.25, -0.2) is 0 Å². The first-order valence-electron chi connectivity index (χ1n) is 6.93. The van der Waals surface area contributed by atoms with Gasteiger partial charge in [0.25, 0.3) is 0 Å². The van der Waals surface area contributed by atoms with E-state index in [9.17, 15) is 4.79 Å². The SMILES string of the molecule is CCOC(=O)CCCCC(N)c1cc(Cl)c(OC)cc1Cl. The number of ether oxygens (including phenoxy) is 2. The molecule has 21 heavy (non-hydrogen) atoms. The Morgan fingerprint density at radius 2 is 2.00 bits per heavy atom. The van der Waals surface area contributed by atoms with Gasteiger partial charge in [-0.2, -0.15) is 0 Å². The highest BCUT2D eigenvalue weighted by molar-refractivity contribution is 6.34. The van der Waals surface area contributed by atoms with Crippen LogP contribution in [0.25, 0.3) is 0 Å². The lowest BCUT2D eigenvalue weighted by molar-refractivity contribution is -0.143. The number of esters is 1. The van der Waals surface area contributed by atoms with E-state index in [2.05, 4.69) is 0 Å². The van der Waals surface area contributed by atoms with Gasteiger partial charge in [0.15, 0.2) is 0 Å². The quantitative estimate of drug-likeness (QED) is 0.574. The van der Waals surface area contributed by atoms with Crippen LogP contribution in [0.3, 0.4) is 0 Å². The Morgan fingerprint density at radius 1 is 1.29 bits per heavy atom. The van der Waals surface area contributed by atoms with Crippen molar-refractivity contribution < 1.29 is 14.3 Å². The van der Waals surface area contributed by atoms with Crippen LogP contribution >= 0.6 is 23.2 Å². The molecule has 0 heterocycles. The van der Waals surface area contributed by atoms with Crippen molar-refractivity contribution in [1.82, 2.24) is 0 Å². The lowest BCUT2D eigenvalue weighted by Gasteiger charge is -2.15. The highest BCUT2D eigenvalue weighted by Gasteiger charge is 2.14. The van der Waals surface area contributed by atoms with Gasteiger partial charge in [0.1, 0.15) is 5.75 Å². The molecule has 1 aromatic rings. The van der Waals surface area contributed by atoms with E-state index in [1.165, 1.54) is 7.11 Å². The Hall–Kier alpha value is -0.970. The standard InChI is InChI=1S/C15H21Cl2NO3/c1-3-21-15(19)7-5-4-6-13(18)10-8-12(17)14(20-2)9-11(10)16/h8-9,13H,3-7,18H2,1-2H3. The van der Waals surface area contributed by atoms with E-state index in [1.54, 1.807) is 19.1 Å². The van der Waals surface area contributed by atoms with Crippen molar-refractivity contribution in [3.8, 4) is 5.75 Å². The molecule has 0 aliphatic rings. The second-order valence-electron chi connectivity index (χ2n) is 4.67. The molecular weight excluding hydrogens is 313 g/mol. The molecule has 0 aliphatic carbocycles. The van der Waals surface area contributed by atoms with Gasteiger partial charge < -0.3 is 15.2 Å². The average molecular weight is 334 g/mol. The van der Waals surface area contributed by atoms with Crippen molar-refractivity contribution in [1.29, 1.82) is 0 Å². The van der Waals surface area contributed by atoms with Crippen LogP contribution in [0.15, 0.2) is 12.1 Å². The normalized spacial score (nSPS) is 12.0. The first-order valence-corrected chi connectivity index (χ1v) is 7.69. The summed E-state index contributed by atoms with van der Waals surface area (Å²) in [4.78, 5) is 11.2. The lowest BCUT2D eigenvalue weighted by Crippen LogP contribution is -2.11. The van der Waals surface area contributed by atoms with E-state index in [-0.39, 0.29) is 12.0 Å². The lowest BCUT2D eigenvalue weighted by atomic mass is 10.0. The third-order valence-corrected chi connectivity index (χ3v) is 3.74. The molecule has 4 nitrogen and oxygen atoms in total. The van der Waals surface area contributed by atoms with Crippen molar-refractivity contribution in [2.45, 2.75) is 38.6 Å². The molecule has 0 bridgehead atoms. The van der Waals surface area contributed by atoms with Gasteiger partial charge in [-0.3, -0.25) is 4.79 Å². The van der Waals surface area contributed by atoms with Gasteiger partial charge in [0.05, 0.1) is 18.7 Å². The van der Waals surface area contributed by atoms with Gasteiger partial charge in [-0.05, 0) is 31.4 Å². The van der Waals surface area contributed by atoms with E-state index >= 15 is 0 Å². The molecule has 2 N–H and O–H groups in total. The number of unbranched alkanes of at least 4 members (excludes halogenated alkanes) is 1. The van der Waals surface area contributed by atoms with Gasteiger partial charge >= 0.3 is 5.97 Å². The molecule has 0 amide bonds. The molecule has 0 spiro atoms. The van der Waals surface area contributed by atoms with E-state index in [4.69, 9.17) is 38.4 Å². The van der Waals surface area contributed by atoms with Gasteiger partial charge in [-0.15, -0.1) is 0 Å². The smallest absolute Gasteiger partial charge is 0.305 e. The van der Waals surface area contributed by atoms with Gasteiger partial charge in [-0.1, -0.05) is 29.6 Å². The molecular formula is C15H21Cl2NO3. The molecule has 1 atom stereocenters. The number of hydrogen-bond acceptors (Lipinski definition) is 4. The fourth-order valence-electron chi connectivity index (χ4n) is 2.01. The van der Waals surface area contributed by atoms with Gasteiger partial charge in [0.2, 0.25) is 0 Å². The second-order valence-corrected chi connectivity index (χ2v) is 5.48. The molecule has 1 unspecified atom stereocenters. The minimum Gasteiger partial charge on any atom is -0.495 e. The largest absolute Gasteiger partial charge is 0.495 e. The minimum absolute atomic E-state index is 0.170. The number of nitrogens with two attached hydrogens (primary N) is 1. The fraction of sp³-hybridized carbons (Fsp3) is 0.533. The highest BCUT2D eigenvalue weighted by atomic mass is 35.5. The third-order valence-electron chi connectivity index (χ3n) is 3.12. The predicted molar refractivity (Wildman–Crippen MR) is 85.0 cm³/mol. The van der Waals surface area contributed by atoms with Crippen LogP contribution in [-0.4, -0.2) is 19.7 Å². The summed E-state index contributed by atoms with van der Waals surface area (Å²) in [6.45, 7) is 2.21. The van der Waals surface area contributed by atoms with Crippen LogP contribution in [0, 0.1) is 0 Å². The maximum absolute atomic E-state index is 11.2. The maximum atomic E-state index is 11.2. The number of carbonyl (C=O) groups is 1. The van der Waals surface area contributed by atoms with E-state index in [1.807, 2.05) is 0 Å². The Labute approximate surface area is 135 Å². The molecule has 1 aromatic carbocycles. The highest BCUT2D eigenvalue weighted by Crippen LogP contribution is 2.34. The van der Waals surface area contributed by atoms with Crippen LogP contribution in [-0.2, 0) is 9.53 Å². The second kappa shape index (κ2) is 9.13. The van der Waals surface area contributed by atoms with Crippen LogP contribution in [0.1, 0.15) is 44.2 Å². The molecule has 0 aromatic heterocycles. The molecule has 6 heteroatoms. The van der Waals surface area contributed by atoms with E-state index in [0.29, 0.717) is 28.8 Å². The number of hydrogen-bond donors (Lipinski definition) is 1. The van der Waals surface area contributed by atoms with Crippen LogP contribution in [0.4, 0.5) is 0 Å². The number of methoxy groups -OCH3 is 1. The third kappa shape index (κ3) is 5.73. The molecule has 1 rings (SSSR count). The summed E-state index contributed by atoms with van der Waals surface area (Å²) < 4.78 is 9.97. The molecule has 0 fully saturated rings. The number of benzene rings is 1. The number of rotatable bonds is 8.